The van der Waals surface area contributed by atoms with Gasteiger partial charge in [-0.1, -0.05) is 17.3 Å². The van der Waals surface area contributed by atoms with Gasteiger partial charge in [0.05, 0.1) is 12.6 Å². The molecule has 2 N–H and O–H groups in total. The smallest absolute Gasteiger partial charge is 0.401 e. The topological polar surface area (TPSA) is 136 Å². The quantitative estimate of drug-likeness (QED) is 0.303. The molecule has 0 unspecified atom stereocenters. The normalized spacial score (nSPS) is 14.3. The van der Waals surface area contributed by atoms with Crippen molar-refractivity contribution in [1.29, 1.82) is 0 Å². The fraction of sp³-hybridized carbons (Fsp3) is 0.280. The summed E-state index contributed by atoms with van der Waals surface area (Å²) >= 11 is 0. The van der Waals surface area contributed by atoms with Crippen LogP contribution < -0.4 is 5.32 Å². The number of benzene rings is 1. The zero-order valence-electron chi connectivity index (χ0n) is 20.1. The zero-order valence-corrected chi connectivity index (χ0v) is 20.1. The molecule has 10 nitrogen and oxygen atoms in total. The van der Waals surface area contributed by atoms with Gasteiger partial charge in [-0.15, -0.1) is 0 Å². The van der Waals surface area contributed by atoms with Gasteiger partial charge in [0, 0.05) is 36.6 Å². The molecule has 0 saturated heterocycles. The number of amides is 1. The number of anilines is 1. The predicted octanol–water partition coefficient (Wildman–Crippen LogP) is 3.92. The van der Waals surface area contributed by atoms with Crippen LogP contribution in [-0.2, 0) is 34.4 Å². The minimum Gasteiger partial charge on any atom is -0.480 e. The predicted molar refractivity (Wildman–Crippen MR) is 126 cm³/mol. The molecule has 202 valence electrons. The first-order valence-electron chi connectivity index (χ1n) is 11.7. The van der Waals surface area contributed by atoms with E-state index in [0.717, 1.165) is 11.6 Å². The number of carbonyl (C=O) groups excluding carboxylic acids is 1. The van der Waals surface area contributed by atoms with E-state index in [1.54, 1.807) is 12.3 Å². The lowest BCUT2D eigenvalue weighted by Crippen LogP contribution is -2.28. The van der Waals surface area contributed by atoms with E-state index in [1.165, 1.54) is 35.4 Å². The van der Waals surface area contributed by atoms with Gasteiger partial charge >= 0.3 is 12.1 Å². The molecule has 1 fully saturated rings. The molecule has 0 spiro atoms. The first-order chi connectivity index (χ1) is 18.5. The molecule has 1 aliphatic carbocycles. The Morgan fingerprint density at radius 2 is 1.85 bits per heavy atom. The second-order valence-corrected chi connectivity index (χ2v) is 9.19. The second kappa shape index (κ2) is 9.93. The van der Waals surface area contributed by atoms with Crippen LogP contribution >= 0.6 is 0 Å². The summed E-state index contributed by atoms with van der Waals surface area (Å²) in [6, 6.07) is 5.29. The number of carbonyl (C=O) groups is 2. The number of nitrogens with zero attached hydrogens (tertiary/aromatic N) is 5. The Bertz CT molecular complexity index is 1530. The molecule has 0 atom stereocenters. The van der Waals surface area contributed by atoms with Crippen LogP contribution in [-0.4, -0.2) is 48.1 Å². The summed E-state index contributed by atoms with van der Waals surface area (Å²) in [6.07, 6.45) is 1.41. The van der Waals surface area contributed by atoms with Crippen molar-refractivity contribution in [3.8, 4) is 11.1 Å². The van der Waals surface area contributed by atoms with E-state index < -0.39 is 29.3 Å². The van der Waals surface area contributed by atoms with Crippen LogP contribution in [0.3, 0.4) is 0 Å². The van der Waals surface area contributed by atoms with E-state index in [-0.39, 0.29) is 42.9 Å². The van der Waals surface area contributed by atoms with Crippen LogP contribution in [0.25, 0.3) is 11.1 Å². The first kappa shape index (κ1) is 26.0. The van der Waals surface area contributed by atoms with E-state index >= 15 is 0 Å². The lowest BCUT2D eigenvalue weighted by molar-refractivity contribution is -0.165. The number of carboxylic acid groups (broad SMARTS) is 1. The van der Waals surface area contributed by atoms with Crippen LogP contribution in [0.2, 0.25) is 0 Å². The van der Waals surface area contributed by atoms with Gasteiger partial charge in [0.2, 0.25) is 5.91 Å². The van der Waals surface area contributed by atoms with Crippen LogP contribution in [0, 0.1) is 5.82 Å². The number of aromatic nitrogens is 5. The minimum atomic E-state index is -4.47. The van der Waals surface area contributed by atoms with E-state index in [2.05, 4.69) is 25.5 Å². The molecule has 4 aromatic rings. The van der Waals surface area contributed by atoms with Crippen LogP contribution in [0.5, 0.6) is 0 Å². The van der Waals surface area contributed by atoms with E-state index in [1.807, 2.05) is 0 Å². The molecule has 14 heteroatoms. The van der Waals surface area contributed by atoms with E-state index in [9.17, 15) is 27.2 Å². The van der Waals surface area contributed by atoms with Crippen molar-refractivity contribution in [3.63, 3.8) is 0 Å². The van der Waals surface area contributed by atoms with Crippen molar-refractivity contribution >= 4 is 17.7 Å². The Balaban J connectivity index is 1.19. The van der Waals surface area contributed by atoms with Crippen molar-refractivity contribution in [2.45, 2.75) is 43.8 Å². The summed E-state index contributed by atoms with van der Waals surface area (Å²) in [5, 5.41) is 18.6. The average Bonchev–Trinajstić information content (AvgIpc) is 3.40. The van der Waals surface area contributed by atoms with E-state index in [4.69, 9.17) is 9.63 Å². The summed E-state index contributed by atoms with van der Waals surface area (Å²) < 4.78 is 60.6. The van der Waals surface area contributed by atoms with E-state index in [0.29, 0.717) is 23.4 Å². The van der Waals surface area contributed by atoms with Gasteiger partial charge in [0.1, 0.15) is 23.6 Å². The summed E-state index contributed by atoms with van der Waals surface area (Å²) in [6.45, 7) is -0.257. The van der Waals surface area contributed by atoms with Gasteiger partial charge in [0.25, 0.3) is 0 Å². The van der Waals surface area contributed by atoms with Crippen LogP contribution in [0.15, 0.2) is 53.6 Å². The Kier molecular flexibility index (Phi) is 6.62. The molecule has 1 aromatic carbocycles. The number of rotatable bonds is 9. The highest BCUT2D eigenvalue weighted by atomic mass is 19.4. The number of nitrogens with one attached hydrogen (secondary N) is 1. The van der Waals surface area contributed by atoms with Crippen LogP contribution in [0.4, 0.5) is 23.4 Å². The molecule has 1 saturated carbocycles. The minimum absolute atomic E-state index is 0.0739. The maximum absolute atomic E-state index is 14.8. The van der Waals surface area contributed by atoms with Crippen LogP contribution in [0.1, 0.15) is 35.6 Å². The number of aliphatic carboxylic acids is 1. The second-order valence-electron chi connectivity index (χ2n) is 9.19. The molecule has 5 rings (SSSR count). The van der Waals surface area contributed by atoms with Gasteiger partial charge in [-0.2, -0.15) is 18.3 Å². The molecule has 0 aliphatic heterocycles. The van der Waals surface area contributed by atoms with Crippen molar-refractivity contribution in [1.82, 2.24) is 24.9 Å². The number of carboxylic acids is 1. The zero-order chi connectivity index (χ0) is 27.8. The van der Waals surface area contributed by atoms with Crippen molar-refractivity contribution in [2.24, 2.45) is 0 Å². The number of hydrogen-bond acceptors (Lipinski definition) is 7. The Morgan fingerprint density at radius 3 is 2.49 bits per heavy atom. The number of alkyl halides is 3. The Labute approximate surface area is 217 Å². The first-order valence-corrected chi connectivity index (χ1v) is 11.7. The highest BCUT2D eigenvalue weighted by Crippen LogP contribution is 2.59. The third-order valence-corrected chi connectivity index (χ3v) is 6.33. The Morgan fingerprint density at radius 1 is 1.10 bits per heavy atom. The molecule has 1 aliphatic rings. The molecule has 0 bridgehead atoms. The fourth-order valence-electron chi connectivity index (χ4n) is 4.08. The maximum Gasteiger partial charge on any atom is 0.401 e. The van der Waals surface area contributed by atoms with Gasteiger partial charge in [0.15, 0.2) is 11.6 Å². The molecule has 3 aromatic heterocycles. The summed E-state index contributed by atoms with van der Waals surface area (Å²) in [5.74, 6) is -2.41. The lowest BCUT2D eigenvalue weighted by Gasteiger charge is -2.14. The molecule has 3 heterocycles. The average molecular weight is 544 g/mol. The van der Waals surface area contributed by atoms with Crippen molar-refractivity contribution in [3.05, 3.63) is 77.6 Å². The SMILES string of the molecule is O=C(O)Cn1cc(Cc2ncc(-c3ccc(CC(=O)Nc4cc(C5(C(F)(F)F)CC5)on4)c(F)c3)cn2)cn1. The number of halogens is 4. The third-order valence-electron chi connectivity index (χ3n) is 6.33. The summed E-state index contributed by atoms with van der Waals surface area (Å²) in [5.41, 5.74) is -0.251. The maximum atomic E-state index is 14.8. The molecule has 39 heavy (non-hydrogen) atoms. The van der Waals surface area contributed by atoms with Crippen molar-refractivity contribution < 1.29 is 36.8 Å². The highest BCUT2D eigenvalue weighted by molar-refractivity contribution is 5.91. The fourth-order valence-corrected chi connectivity index (χ4v) is 4.08. The molecular formula is C25H20F4N6O4. The summed E-state index contributed by atoms with van der Waals surface area (Å²) in [4.78, 5) is 31.7. The van der Waals surface area contributed by atoms with Gasteiger partial charge in [-0.25, -0.2) is 14.4 Å². The molecule has 1 amide bonds. The number of hydrogen-bond donors (Lipinski definition) is 2. The Hall–Kier alpha value is -4.62. The molecular weight excluding hydrogens is 524 g/mol. The standard InChI is InChI=1S/C25H20F4N6O4/c26-18-6-15(17-10-30-20(31-11-17)5-14-9-32-35(12-14)13-23(37)38)1-2-16(18)7-22(36)33-21-8-19(39-34-21)24(3-4-24)25(27,28)29/h1-2,6,8-12H,3-5,7,13H2,(H,37,38)(H,33,34,36). The monoisotopic (exact) mass is 544 g/mol. The summed E-state index contributed by atoms with van der Waals surface area (Å²) in [7, 11) is 0. The van der Waals surface area contributed by atoms with Crippen molar-refractivity contribution in [2.75, 3.05) is 5.32 Å². The largest absolute Gasteiger partial charge is 0.480 e. The lowest BCUT2D eigenvalue weighted by atomic mass is 10.0. The van der Waals surface area contributed by atoms with Gasteiger partial charge in [-0.3, -0.25) is 14.3 Å². The van der Waals surface area contributed by atoms with Gasteiger partial charge in [-0.05, 0) is 35.6 Å². The third kappa shape index (κ3) is 5.63. The molecule has 0 radical (unpaired) electrons. The highest BCUT2D eigenvalue weighted by Gasteiger charge is 2.66. The van der Waals surface area contributed by atoms with Gasteiger partial charge < -0.3 is 14.9 Å².